The van der Waals surface area contributed by atoms with E-state index in [0.29, 0.717) is 23.8 Å². The van der Waals surface area contributed by atoms with Crippen molar-refractivity contribution in [1.82, 2.24) is 10.2 Å². The topological polar surface area (TPSA) is 96.7 Å². The molecule has 0 unspecified atom stereocenters. The van der Waals surface area contributed by atoms with Gasteiger partial charge in [0.25, 0.3) is 11.1 Å². The minimum Gasteiger partial charge on any atom is -0.422 e. The average Bonchev–Trinajstić information content (AvgIpc) is 3.00. The van der Waals surface area contributed by atoms with Crippen LogP contribution in [0.15, 0.2) is 39.5 Å². The zero-order valence-electron chi connectivity index (χ0n) is 14.5. The molecule has 1 aromatic heterocycles. The summed E-state index contributed by atoms with van der Waals surface area (Å²) < 4.78 is 5.23. The number of fused-ring (bicyclic) bond motifs is 1. The molecule has 8 heteroatoms. The first kappa shape index (κ1) is 17.8. The fourth-order valence-electron chi connectivity index (χ4n) is 3.74. The summed E-state index contributed by atoms with van der Waals surface area (Å²) in [6, 6.07) is 7.74. The van der Waals surface area contributed by atoms with Crippen LogP contribution in [0.5, 0.6) is 0 Å². The second kappa shape index (κ2) is 7.19. The zero-order chi connectivity index (χ0) is 19.0. The number of carbonyl (C=O) groups is 3. The first-order valence-electron chi connectivity index (χ1n) is 8.87. The third kappa shape index (κ3) is 3.37. The number of hydrogen-bond donors (Lipinski definition) is 1. The molecule has 4 rings (SSSR count). The van der Waals surface area contributed by atoms with Gasteiger partial charge in [-0.15, -0.1) is 0 Å². The number of hydrogen-bond acceptors (Lipinski definition) is 6. The SMILES string of the molecule is O=C(N[C@H]1CCCC[C@@H]1N1C(=O)CSC1=O)c1cc2ccccc2oc1=O. The Morgan fingerprint density at radius 3 is 2.70 bits per heavy atom. The van der Waals surface area contributed by atoms with Gasteiger partial charge in [0.15, 0.2) is 0 Å². The van der Waals surface area contributed by atoms with E-state index in [1.54, 1.807) is 24.3 Å². The molecule has 2 aromatic rings. The fourth-order valence-corrected chi connectivity index (χ4v) is 4.50. The first-order valence-corrected chi connectivity index (χ1v) is 9.86. The molecule has 2 atom stereocenters. The molecule has 7 nitrogen and oxygen atoms in total. The normalized spacial score (nSPS) is 23.0. The molecule has 2 fully saturated rings. The van der Waals surface area contributed by atoms with Gasteiger partial charge in [-0.1, -0.05) is 42.8 Å². The van der Waals surface area contributed by atoms with E-state index in [0.717, 1.165) is 24.6 Å². The summed E-state index contributed by atoms with van der Waals surface area (Å²) in [6.07, 6.45) is 3.07. The number of thioether (sulfide) groups is 1. The van der Waals surface area contributed by atoms with E-state index >= 15 is 0 Å². The molecule has 2 aliphatic rings. The maximum absolute atomic E-state index is 12.7. The lowest BCUT2D eigenvalue weighted by Gasteiger charge is -2.36. The zero-order valence-corrected chi connectivity index (χ0v) is 15.3. The van der Waals surface area contributed by atoms with Crippen molar-refractivity contribution in [3.63, 3.8) is 0 Å². The van der Waals surface area contributed by atoms with Crippen molar-refractivity contribution in [1.29, 1.82) is 0 Å². The van der Waals surface area contributed by atoms with Crippen LogP contribution in [0.1, 0.15) is 36.0 Å². The minimum atomic E-state index is -0.706. The quantitative estimate of drug-likeness (QED) is 0.815. The van der Waals surface area contributed by atoms with E-state index in [4.69, 9.17) is 4.42 Å². The van der Waals surface area contributed by atoms with Crippen LogP contribution >= 0.6 is 11.8 Å². The molecule has 0 radical (unpaired) electrons. The molecular weight excluding hydrogens is 368 g/mol. The third-order valence-corrected chi connectivity index (χ3v) is 5.88. The van der Waals surface area contributed by atoms with Crippen molar-refractivity contribution in [2.75, 3.05) is 5.75 Å². The van der Waals surface area contributed by atoms with E-state index in [1.165, 1.54) is 11.0 Å². The number of rotatable bonds is 3. The number of carbonyl (C=O) groups excluding carboxylic acids is 3. The highest BCUT2D eigenvalue weighted by Gasteiger charge is 2.41. The number of para-hydroxylation sites is 1. The molecule has 1 aromatic carbocycles. The predicted octanol–water partition coefficient (Wildman–Crippen LogP) is 2.53. The van der Waals surface area contributed by atoms with Gasteiger partial charge in [-0.05, 0) is 25.0 Å². The van der Waals surface area contributed by atoms with Crippen LogP contribution < -0.4 is 10.9 Å². The van der Waals surface area contributed by atoms with Crippen molar-refractivity contribution >= 4 is 39.8 Å². The molecule has 0 bridgehead atoms. The van der Waals surface area contributed by atoms with Gasteiger partial charge in [0.1, 0.15) is 11.1 Å². The van der Waals surface area contributed by atoms with Crippen molar-refractivity contribution in [3.8, 4) is 0 Å². The fraction of sp³-hybridized carbons (Fsp3) is 0.368. The van der Waals surface area contributed by atoms with Gasteiger partial charge in [-0.25, -0.2) is 4.79 Å². The lowest BCUT2D eigenvalue weighted by molar-refractivity contribution is -0.127. The van der Waals surface area contributed by atoms with Crippen molar-refractivity contribution in [2.45, 2.75) is 37.8 Å². The average molecular weight is 386 g/mol. The summed E-state index contributed by atoms with van der Waals surface area (Å²) in [5.41, 5.74) is -0.367. The largest absolute Gasteiger partial charge is 0.422 e. The number of nitrogens with zero attached hydrogens (tertiary/aromatic N) is 1. The Morgan fingerprint density at radius 1 is 1.15 bits per heavy atom. The molecule has 3 amide bonds. The van der Waals surface area contributed by atoms with Crippen LogP contribution in [-0.4, -0.2) is 39.8 Å². The van der Waals surface area contributed by atoms with Crippen LogP contribution in [-0.2, 0) is 4.79 Å². The maximum Gasteiger partial charge on any atom is 0.349 e. The Balaban J connectivity index is 1.59. The molecular formula is C19H18N2O5S. The molecule has 1 aliphatic carbocycles. The second-order valence-corrected chi connectivity index (χ2v) is 7.66. The highest BCUT2D eigenvalue weighted by molar-refractivity contribution is 8.14. The lowest BCUT2D eigenvalue weighted by atomic mass is 9.89. The van der Waals surface area contributed by atoms with Gasteiger partial charge in [-0.3, -0.25) is 19.3 Å². The highest BCUT2D eigenvalue weighted by Crippen LogP contribution is 2.30. The summed E-state index contributed by atoms with van der Waals surface area (Å²) in [6.45, 7) is 0. The molecule has 1 N–H and O–H groups in total. The van der Waals surface area contributed by atoms with Crippen LogP contribution in [0.2, 0.25) is 0 Å². The van der Waals surface area contributed by atoms with E-state index in [-0.39, 0.29) is 34.5 Å². The molecule has 1 saturated heterocycles. The molecule has 1 saturated carbocycles. The number of imide groups is 1. The summed E-state index contributed by atoms with van der Waals surface area (Å²) in [4.78, 5) is 50.4. The molecule has 2 heterocycles. The smallest absolute Gasteiger partial charge is 0.349 e. The Morgan fingerprint density at radius 2 is 1.93 bits per heavy atom. The van der Waals surface area contributed by atoms with Crippen molar-refractivity contribution < 1.29 is 18.8 Å². The Bertz CT molecular complexity index is 969. The first-order chi connectivity index (χ1) is 13.0. The number of benzene rings is 1. The number of nitrogens with one attached hydrogen (secondary N) is 1. The van der Waals surface area contributed by atoms with Gasteiger partial charge in [0.2, 0.25) is 5.91 Å². The Kier molecular flexibility index (Phi) is 4.73. The second-order valence-electron chi connectivity index (χ2n) is 6.74. The maximum atomic E-state index is 12.7. The standard InChI is InChI=1S/C19H18N2O5S/c22-16-10-27-19(25)21(16)14-7-3-2-6-13(14)20-17(23)12-9-11-5-1-4-8-15(11)26-18(12)24/h1,4-5,8-9,13-14H,2-3,6-7,10H2,(H,20,23)/t13-,14-/m0/s1. The third-order valence-electron chi connectivity index (χ3n) is 5.05. The van der Waals surface area contributed by atoms with E-state index in [2.05, 4.69) is 5.32 Å². The van der Waals surface area contributed by atoms with Crippen molar-refractivity contribution in [3.05, 3.63) is 46.3 Å². The monoisotopic (exact) mass is 386 g/mol. The highest BCUT2D eigenvalue weighted by atomic mass is 32.2. The van der Waals surface area contributed by atoms with Crippen LogP contribution in [0.3, 0.4) is 0 Å². The Hall–Kier alpha value is -2.61. The lowest BCUT2D eigenvalue weighted by Crippen LogP contribution is -2.55. The summed E-state index contributed by atoms with van der Waals surface area (Å²) in [5, 5.41) is 3.24. The molecule has 27 heavy (non-hydrogen) atoms. The summed E-state index contributed by atoms with van der Waals surface area (Å²) in [7, 11) is 0. The molecule has 1 aliphatic heterocycles. The van der Waals surface area contributed by atoms with Crippen molar-refractivity contribution in [2.24, 2.45) is 0 Å². The van der Waals surface area contributed by atoms with Crippen LogP contribution in [0.25, 0.3) is 11.0 Å². The van der Waals surface area contributed by atoms with Gasteiger partial charge >= 0.3 is 5.63 Å². The van der Waals surface area contributed by atoms with E-state index < -0.39 is 11.5 Å². The summed E-state index contributed by atoms with van der Waals surface area (Å²) >= 11 is 0.988. The molecule has 140 valence electrons. The minimum absolute atomic E-state index is 0.0773. The van der Waals surface area contributed by atoms with Gasteiger partial charge in [0.05, 0.1) is 17.8 Å². The summed E-state index contributed by atoms with van der Waals surface area (Å²) in [5.74, 6) is -0.621. The van der Waals surface area contributed by atoms with Gasteiger partial charge in [-0.2, -0.15) is 0 Å². The van der Waals surface area contributed by atoms with Crippen LogP contribution in [0.4, 0.5) is 4.79 Å². The van der Waals surface area contributed by atoms with Crippen LogP contribution in [0, 0.1) is 0 Å². The molecule has 0 spiro atoms. The Labute approximate surface area is 159 Å². The number of amides is 3. The van der Waals surface area contributed by atoms with E-state index in [1.807, 2.05) is 0 Å². The van der Waals surface area contributed by atoms with Gasteiger partial charge < -0.3 is 9.73 Å². The van der Waals surface area contributed by atoms with Gasteiger partial charge in [0, 0.05) is 5.39 Å². The van der Waals surface area contributed by atoms with E-state index in [9.17, 15) is 19.2 Å². The predicted molar refractivity (Wildman–Crippen MR) is 101 cm³/mol.